The predicted octanol–water partition coefficient (Wildman–Crippen LogP) is 1.84. The van der Waals surface area contributed by atoms with Gasteiger partial charge in [0.25, 0.3) is 5.88 Å². The molecular formula is C8H11NO2. The van der Waals surface area contributed by atoms with Crippen LogP contribution >= 0.6 is 0 Å². The number of aromatic nitrogens is 1. The smallest absolute Gasteiger partial charge is 0.260 e. The number of ether oxygens (including phenoxy) is 2. The van der Waals surface area contributed by atoms with Gasteiger partial charge in [0.1, 0.15) is 0 Å². The van der Waals surface area contributed by atoms with E-state index in [1.807, 2.05) is 26.0 Å². The van der Waals surface area contributed by atoms with E-state index in [0.717, 1.165) is 5.75 Å². The standard InChI is InChI=1S/C6H5NO2.C2H6/c1-2-5-6(7-3-1)9-4-8-5;1-2/h1-3H,4H2;1-2H3. The lowest BCUT2D eigenvalue weighted by atomic mass is 10.4. The summed E-state index contributed by atoms with van der Waals surface area (Å²) in [5.74, 6) is 1.33. The van der Waals surface area contributed by atoms with Gasteiger partial charge in [-0.1, -0.05) is 13.8 Å². The SMILES string of the molecule is CC.c1cnc2c(c1)OCO2. The van der Waals surface area contributed by atoms with Crippen molar-refractivity contribution in [1.82, 2.24) is 4.98 Å². The summed E-state index contributed by atoms with van der Waals surface area (Å²) in [6, 6.07) is 3.64. The van der Waals surface area contributed by atoms with E-state index >= 15 is 0 Å². The quantitative estimate of drug-likeness (QED) is 0.569. The minimum Gasteiger partial charge on any atom is -0.452 e. The van der Waals surface area contributed by atoms with Crippen LogP contribution in [0.1, 0.15) is 13.8 Å². The van der Waals surface area contributed by atoms with Crippen molar-refractivity contribution in [2.24, 2.45) is 0 Å². The molecule has 1 aliphatic heterocycles. The molecule has 0 unspecified atom stereocenters. The van der Waals surface area contributed by atoms with Gasteiger partial charge in [-0.05, 0) is 12.1 Å². The van der Waals surface area contributed by atoms with Gasteiger partial charge in [-0.25, -0.2) is 4.98 Å². The fourth-order valence-electron chi connectivity index (χ4n) is 0.743. The zero-order valence-corrected chi connectivity index (χ0v) is 6.70. The topological polar surface area (TPSA) is 31.4 Å². The van der Waals surface area contributed by atoms with Crippen molar-refractivity contribution in [3.8, 4) is 11.6 Å². The molecule has 2 heterocycles. The molecule has 3 nitrogen and oxygen atoms in total. The molecule has 1 aromatic rings. The van der Waals surface area contributed by atoms with E-state index in [1.54, 1.807) is 6.20 Å². The summed E-state index contributed by atoms with van der Waals surface area (Å²) in [7, 11) is 0. The Morgan fingerprint density at radius 2 is 2.18 bits per heavy atom. The first-order valence-electron chi connectivity index (χ1n) is 3.67. The fourth-order valence-corrected chi connectivity index (χ4v) is 0.743. The first-order chi connectivity index (χ1) is 5.47. The summed E-state index contributed by atoms with van der Waals surface area (Å²) in [5, 5.41) is 0. The summed E-state index contributed by atoms with van der Waals surface area (Å²) in [5.41, 5.74) is 0. The molecule has 0 aromatic carbocycles. The third-order valence-electron chi connectivity index (χ3n) is 1.15. The Hall–Kier alpha value is -1.25. The Morgan fingerprint density at radius 1 is 1.36 bits per heavy atom. The third-order valence-corrected chi connectivity index (χ3v) is 1.15. The molecule has 0 saturated heterocycles. The number of fused-ring (bicyclic) bond motifs is 1. The maximum absolute atomic E-state index is 5.01. The highest BCUT2D eigenvalue weighted by Gasteiger charge is 2.11. The molecule has 0 radical (unpaired) electrons. The molecule has 1 aromatic heterocycles. The van der Waals surface area contributed by atoms with Crippen molar-refractivity contribution in [2.75, 3.05) is 6.79 Å². The highest BCUT2D eigenvalue weighted by Crippen LogP contribution is 2.27. The average molecular weight is 153 g/mol. The van der Waals surface area contributed by atoms with Crippen molar-refractivity contribution in [2.45, 2.75) is 13.8 Å². The van der Waals surface area contributed by atoms with Crippen LogP contribution in [0.15, 0.2) is 18.3 Å². The lowest BCUT2D eigenvalue weighted by Gasteiger charge is -1.88. The van der Waals surface area contributed by atoms with Gasteiger partial charge in [0, 0.05) is 6.20 Å². The zero-order valence-electron chi connectivity index (χ0n) is 6.70. The van der Waals surface area contributed by atoms with Gasteiger partial charge in [-0.3, -0.25) is 0 Å². The minimum atomic E-state index is 0.298. The van der Waals surface area contributed by atoms with Gasteiger partial charge >= 0.3 is 0 Å². The van der Waals surface area contributed by atoms with Crippen LogP contribution in [-0.2, 0) is 0 Å². The van der Waals surface area contributed by atoms with Gasteiger partial charge in [0.05, 0.1) is 0 Å². The number of hydrogen-bond acceptors (Lipinski definition) is 3. The second-order valence-electron chi connectivity index (χ2n) is 1.71. The summed E-state index contributed by atoms with van der Waals surface area (Å²) >= 11 is 0. The van der Waals surface area contributed by atoms with E-state index in [1.165, 1.54) is 0 Å². The van der Waals surface area contributed by atoms with Crippen molar-refractivity contribution in [3.63, 3.8) is 0 Å². The Balaban J connectivity index is 0.000000281. The van der Waals surface area contributed by atoms with E-state index < -0.39 is 0 Å². The molecule has 0 N–H and O–H groups in total. The van der Waals surface area contributed by atoms with Gasteiger partial charge in [-0.15, -0.1) is 0 Å². The molecule has 0 fully saturated rings. The monoisotopic (exact) mass is 153 g/mol. The molecule has 0 amide bonds. The van der Waals surface area contributed by atoms with Crippen LogP contribution in [0.5, 0.6) is 11.6 Å². The van der Waals surface area contributed by atoms with Crippen LogP contribution in [0.25, 0.3) is 0 Å². The maximum atomic E-state index is 5.01. The van der Waals surface area contributed by atoms with Gasteiger partial charge in [0.2, 0.25) is 6.79 Å². The second-order valence-corrected chi connectivity index (χ2v) is 1.71. The first kappa shape index (κ1) is 7.85. The van der Waals surface area contributed by atoms with Gasteiger partial charge in [-0.2, -0.15) is 0 Å². The summed E-state index contributed by atoms with van der Waals surface area (Å²) in [4.78, 5) is 3.91. The Kier molecular flexibility index (Phi) is 2.72. The highest BCUT2D eigenvalue weighted by atomic mass is 16.7. The molecule has 0 atom stereocenters. The third kappa shape index (κ3) is 1.61. The van der Waals surface area contributed by atoms with Crippen LogP contribution < -0.4 is 9.47 Å². The summed E-state index contributed by atoms with van der Waals surface area (Å²) in [6.45, 7) is 4.30. The maximum Gasteiger partial charge on any atom is 0.260 e. The van der Waals surface area contributed by atoms with Crippen LogP contribution in [0.2, 0.25) is 0 Å². The van der Waals surface area contributed by atoms with Crippen LogP contribution in [-0.4, -0.2) is 11.8 Å². The van der Waals surface area contributed by atoms with E-state index in [-0.39, 0.29) is 0 Å². The van der Waals surface area contributed by atoms with E-state index in [0.29, 0.717) is 12.7 Å². The molecule has 3 heteroatoms. The summed E-state index contributed by atoms with van der Waals surface area (Å²) < 4.78 is 9.98. The normalized spacial score (nSPS) is 11.8. The number of rotatable bonds is 0. The van der Waals surface area contributed by atoms with Crippen LogP contribution in [0, 0.1) is 0 Å². The first-order valence-corrected chi connectivity index (χ1v) is 3.67. The van der Waals surface area contributed by atoms with E-state index in [9.17, 15) is 0 Å². The van der Waals surface area contributed by atoms with Crippen LogP contribution in [0.4, 0.5) is 0 Å². The molecule has 1 aliphatic rings. The minimum absolute atomic E-state index is 0.298. The molecule has 0 spiro atoms. The van der Waals surface area contributed by atoms with Crippen molar-refractivity contribution in [1.29, 1.82) is 0 Å². The lowest BCUT2D eigenvalue weighted by Crippen LogP contribution is -1.93. The molecule has 0 bridgehead atoms. The van der Waals surface area contributed by atoms with Crippen molar-refractivity contribution in [3.05, 3.63) is 18.3 Å². The molecule has 0 aliphatic carbocycles. The van der Waals surface area contributed by atoms with E-state index in [4.69, 9.17) is 9.47 Å². The predicted molar refractivity (Wildman–Crippen MR) is 41.7 cm³/mol. The van der Waals surface area contributed by atoms with E-state index in [2.05, 4.69) is 4.98 Å². The fraction of sp³-hybridized carbons (Fsp3) is 0.375. The molecule has 0 saturated carbocycles. The molecule has 2 rings (SSSR count). The number of pyridine rings is 1. The summed E-state index contributed by atoms with van der Waals surface area (Å²) in [6.07, 6.45) is 1.67. The largest absolute Gasteiger partial charge is 0.452 e. The number of nitrogens with zero attached hydrogens (tertiary/aromatic N) is 1. The average Bonchev–Trinajstić information content (AvgIpc) is 2.55. The van der Waals surface area contributed by atoms with Crippen molar-refractivity contribution >= 4 is 0 Å². The molecular weight excluding hydrogens is 142 g/mol. The number of hydrogen-bond donors (Lipinski definition) is 0. The Labute approximate surface area is 66.0 Å². The van der Waals surface area contributed by atoms with Crippen molar-refractivity contribution < 1.29 is 9.47 Å². The molecule has 60 valence electrons. The van der Waals surface area contributed by atoms with Crippen LogP contribution in [0.3, 0.4) is 0 Å². The second kappa shape index (κ2) is 3.81. The molecule has 11 heavy (non-hydrogen) atoms. The lowest BCUT2D eigenvalue weighted by molar-refractivity contribution is 0.171. The van der Waals surface area contributed by atoms with Gasteiger partial charge < -0.3 is 9.47 Å². The highest BCUT2D eigenvalue weighted by molar-refractivity contribution is 5.34. The Bertz CT molecular complexity index is 202. The van der Waals surface area contributed by atoms with Gasteiger partial charge in [0.15, 0.2) is 5.75 Å². The Morgan fingerprint density at radius 3 is 2.91 bits per heavy atom. The zero-order chi connectivity index (χ0) is 8.10.